The molecule has 0 spiro atoms. The van der Waals surface area contributed by atoms with Crippen molar-refractivity contribution in [1.29, 1.82) is 0 Å². The van der Waals surface area contributed by atoms with E-state index < -0.39 is 0 Å². The highest BCUT2D eigenvalue weighted by molar-refractivity contribution is 9.11. The summed E-state index contributed by atoms with van der Waals surface area (Å²) in [4.78, 5) is 0. The number of nitrogens with one attached hydrogen (secondary N) is 1. The second-order valence-electron chi connectivity index (χ2n) is 7.08. The number of hydrogen-bond donors (Lipinski definition) is 1. The topological polar surface area (TPSA) is 64.3 Å². The lowest BCUT2D eigenvalue weighted by Crippen LogP contribution is -1.87. The van der Waals surface area contributed by atoms with Crippen LogP contribution in [0.4, 0.5) is 4.70 Å². The van der Waals surface area contributed by atoms with Crippen LogP contribution in [0, 0.1) is 0 Å². The summed E-state index contributed by atoms with van der Waals surface area (Å²) in [5.41, 5.74) is 3.27. The summed E-state index contributed by atoms with van der Waals surface area (Å²) in [5.74, 6) is 0. The quantitative estimate of drug-likeness (QED) is 0.185. The normalized spacial score (nSPS) is 10.3. The van der Waals surface area contributed by atoms with Crippen molar-refractivity contribution in [1.82, 2.24) is 29.8 Å². The summed E-state index contributed by atoms with van der Waals surface area (Å²) in [6.45, 7) is 0. The number of aromatic amines is 1. The Morgan fingerprint density at radius 3 is 2.21 bits per heavy atom. The average molecular weight is 644 g/mol. The van der Waals surface area contributed by atoms with Crippen LogP contribution >= 0.6 is 47.8 Å². The molecule has 3 aromatic heterocycles. The highest BCUT2D eigenvalue weighted by Crippen LogP contribution is 2.19. The first-order chi connectivity index (χ1) is 15.4. The molecule has 0 fully saturated rings. The Bertz CT molecular complexity index is 1510. The van der Waals surface area contributed by atoms with E-state index in [0.29, 0.717) is 0 Å². The summed E-state index contributed by atoms with van der Waals surface area (Å²) in [7, 11) is 3.87. The van der Waals surface area contributed by atoms with Crippen LogP contribution in [0.1, 0.15) is 2.85 Å². The van der Waals surface area contributed by atoms with Gasteiger partial charge in [-0.1, -0.05) is 47.8 Å². The van der Waals surface area contributed by atoms with E-state index in [4.69, 9.17) is 0 Å². The van der Waals surface area contributed by atoms with Gasteiger partial charge in [-0.25, -0.2) is 0 Å². The zero-order valence-electron chi connectivity index (χ0n) is 17.7. The van der Waals surface area contributed by atoms with Crippen molar-refractivity contribution in [3.8, 4) is 0 Å². The third kappa shape index (κ3) is 6.27. The summed E-state index contributed by atoms with van der Waals surface area (Å²) in [6.07, 6.45) is 5.67. The maximum Gasteiger partial charge on any atom is 0.0923 e. The Balaban J connectivity index is 0.000000252. The zero-order valence-corrected chi connectivity index (χ0v) is 22.5. The van der Waals surface area contributed by atoms with Gasteiger partial charge in [0.05, 0.1) is 28.9 Å². The highest BCUT2D eigenvalue weighted by Gasteiger charge is 1.98. The van der Waals surface area contributed by atoms with E-state index in [-0.39, 0.29) is 7.56 Å². The van der Waals surface area contributed by atoms with Gasteiger partial charge in [0.2, 0.25) is 0 Å². The molecule has 0 unspecified atom stereocenters. The number of aryl methyl sites for hydroxylation is 2. The minimum absolute atomic E-state index is 0. The van der Waals surface area contributed by atoms with Gasteiger partial charge in [0.25, 0.3) is 0 Å². The summed E-state index contributed by atoms with van der Waals surface area (Å²) >= 11 is 10.2. The number of nitrogens with zero attached hydrogens (tertiary/aromatic N) is 5. The molecule has 0 radical (unpaired) electrons. The highest BCUT2D eigenvalue weighted by atomic mass is 79.9. The monoisotopic (exact) mass is 641 g/mol. The molecular formula is C23H24Br3FN6. The van der Waals surface area contributed by atoms with E-state index in [1.165, 1.54) is 10.8 Å². The molecule has 6 aromatic rings. The molecule has 0 amide bonds. The molecule has 1 N–H and O–H groups in total. The van der Waals surface area contributed by atoms with Crippen molar-refractivity contribution in [2.45, 2.75) is 0 Å². The number of aromatic nitrogens is 6. The second kappa shape index (κ2) is 11.0. The van der Waals surface area contributed by atoms with E-state index in [1.807, 2.05) is 78.3 Å². The lowest BCUT2D eigenvalue weighted by molar-refractivity contribution is 0.780. The summed E-state index contributed by atoms with van der Waals surface area (Å²) < 4.78 is 6.95. The molecule has 0 aliphatic carbocycles. The van der Waals surface area contributed by atoms with Crippen molar-refractivity contribution in [2.24, 2.45) is 14.1 Å². The third-order valence-corrected chi connectivity index (χ3v) is 6.17. The van der Waals surface area contributed by atoms with E-state index >= 15 is 0 Å². The third-order valence-electron chi connectivity index (χ3n) is 4.69. The Morgan fingerprint density at radius 1 is 0.818 bits per heavy atom. The summed E-state index contributed by atoms with van der Waals surface area (Å²) in [5, 5.41) is 18.6. The molecule has 33 heavy (non-hydrogen) atoms. The van der Waals surface area contributed by atoms with Crippen LogP contribution < -0.4 is 0 Å². The zero-order chi connectivity index (χ0) is 22.7. The number of fused-ring (bicyclic) bond motifs is 3. The number of rotatable bonds is 0. The molecule has 0 atom stereocenters. The SMILES string of the molecule is Brc1ccc2[nH]ncc2c1.Cn1cc2cc(Br)ccc2n1.Cn1ncc2cc(Br)ccc21.F.[2HH].[HH]. The smallest absolute Gasteiger partial charge is 0.0923 e. The fourth-order valence-corrected chi connectivity index (χ4v) is 4.30. The Kier molecular flexibility index (Phi) is 8.39. The van der Waals surface area contributed by atoms with Gasteiger partial charge in [-0.05, 0) is 54.6 Å². The molecule has 3 heterocycles. The fraction of sp³-hybridized carbons (Fsp3) is 0.0870. The first kappa shape index (κ1) is 25.1. The molecule has 0 aliphatic heterocycles. The van der Waals surface area contributed by atoms with Crippen LogP contribution in [0.5, 0.6) is 0 Å². The van der Waals surface area contributed by atoms with Gasteiger partial charge in [-0.15, -0.1) is 0 Å². The molecule has 0 bridgehead atoms. The van der Waals surface area contributed by atoms with Crippen molar-refractivity contribution in [3.63, 3.8) is 0 Å². The molecule has 10 heteroatoms. The van der Waals surface area contributed by atoms with Crippen LogP contribution in [0.25, 0.3) is 32.7 Å². The Labute approximate surface area is 217 Å². The van der Waals surface area contributed by atoms with Crippen LogP contribution in [-0.4, -0.2) is 29.8 Å². The lowest BCUT2D eigenvalue weighted by atomic mass is 10.3. The first-order valence-corrected chi connectivity index (χ1v) is 12.0. The van der Waals surface area contributed by atoms with Gasteiger partial charge in [-0.3, -0.25) is 19.2 Å². The Morgan fingerprint density at radius 2 is 1.45 bits per heavy atom. The summed E-state index contributed by atoms with van der Waals surface area (Å²) in [6, 6.07) is 18.2. The predicted octanol–water partition coefficient (Wildman–Crippen LogP) is 7.64. The number of benzene rings is 3. The van der Waals surface area contributed by atoms with Crippen LogP contribution in [0.3, 0.4) is 0 Å². The lowest BCUT2D eigenvalue weighted by Gasteiger charge is -1.92. The largest absolute Gasteiger partial charge is 0.278 e. The van der Waals surface area contributed by atoms with E-state index in [0.717, 1.165) is 35.4 Å². The average Bonchev–Trinajstić information content (AvgIpc) is 3.46. The molecule has 174 valence electrons. The minimum atomic E-state index is 0. The van der Waals surface area contributed by atoms with Crippen LogP contribution in [-0.2, 0) is 14.1 Å². The van der Waals surface area contributed by atoms with Gasteiger partial charge >= 0.3 is 0 Å². The minimum Gasteiger partial charge on any atom is -0.278 e. The second-order valence-corrected chi connectivity index (χ2v) is 9.83. The first-order valence-electron chi connectivity index (χ1n) is 9.64. The number of hydrogen-bond acceptors (Lipinski definition) is 3. The maximum absolute atomic E-state index is 4.25. The number of H-pyrrole nitrogens is 1. The van der Waals surface area contributed by atoms with Gasteiger partial charge in [0.1, 0.15) is 0 Å². The fourth-order valence-electron chi connectivity index (χ4n) is 3.17. The molecule has 3 aromatic carbocycles. The van der Waals surface area contributed by atoms with E-state index in [9.17, 15) is 0 Å². The van der Waals surface area contributed by atoms with Crippen molar-refractivity contribution in [3.05, 3.63) is 86.6 Å². The van der Waals surface area contributed by atoms with Crippen LogP contribution in [0.2, 0.25) is 0 Å². The maximum atomic E-state index is 4.25. The number of halogens is 4. The predicted molar refractivity (Wildman–Crippen MR) is 147 cm³/mol. The van der Waals surface area contributed by atoms with Crippen LogP contribution in [0.15, 0.2) is 86.6 Å². The van der Waals surface area contributed by atoms with E-state index in [2.05, 4.69) is 80.3 Å². The van der Waals surface area contributed by atoms with Crippen molar-refractivity contribution >= 4 is 80.5 Å². The van der Waals surface area contributed by atoms with Gasteiger partial charge in [-0.2, -0.15) is 15.3 Å². The molecule has 6 rings (SSSR count). The van der Waals surface area contributed by atoms with Gasteiger partial charge in [0.15, 0.2) is 0 Å². The molecule has 0 aliphatic rings. The standard InChI is InChI=1S/2C8H7BrN2.C7H5BrN2.FH.2H2/c1-11-5-6-4-7(9)2-3-8(6)10-11;1-11-8-3-2-7(9)4-6(8)5-10-11;8-6-1-2-7-5(3-6)4-9-10-7;;;/h2*2-5H,1H3;1-4H,(H,9,10);3*1H/i;;;;1+1;. The molecular weight excluding hydrogens is 619 g/mol. The molecule has 6 nitrogen and oxygen atoms in total. The van der Waals surface area contributed by atoms with Crippen molar-refractivity contribution in [2.75, 3.05) is 0 Å². The van der Waals surface area contributed by atoms with Crippen molar-refractivity contribution < 1.29 is 7.56 Å². The van der Waals surface area contributed by atoms with Gasteiger partial charge < -0.3 is 0 Å². The van der Waals surface area contributed by atoms with E-state index in [1.54, 1.807) is 6.20 Å². The Hall–Kier alpha value is -2.56. The van der Waals surface area contributed by atoms with Gasteiger partial charge in [0, 0.05) is 52.7 Å². The molecule has 0 saturated heterocycles. The molecule has 0 saturated carbocycles.